The fourth-order valence-corrected chi connectivity index (χ4v) is 5.78. The predicted octanol–water partition coefficient (Wildman–Crippen LogP) is 3.79. The Morgan fingerprint density at radius 1 is 1.29 bits per heavy atom. The molecule has 1 N–H and O–H groups in total. The Balaban J connectivity index is 1.32. The summed E-state index contributed by atoms with van der Waals surface area (Å²) in [4.78, 5) is 17.7. The van der Waals surface area contributed by atoms with E-state index < -0.39 is 10.0 Å². The molecular weight excluding hydrogens is 436 g/mol. The summed E-state index contributed by atoms with van der Waals surface area (Å²) in [6, 6.07) is 10.1. The lowest BCUT2D eigenvalue weighted by Gasteiger charge is -2.30. The van der Waals surface area contributed by atoms with Crippen LogP contribution < -0.4 is 5.32 Å². The number of anilines is 1. The summed E-state index contributed by atoms with van der Waals surface area (Å²) in [7, 11) is -3.51. The number of carbonyl (C=O) groups is 1. The molecule has 0 spiro atoms. The smallest absolute Gasteiger partial charge is 0.243 e. The van der Waals surface area contributed by atoms with E-state index in [1.165, 1.54) is 23.5 Å². The van der Waals surface area contributed by atoms with Crippen LogP contribution in [-0.4, -0.2) is 41.9 Å². The zero-order chi connectivity index (χ0) is 21.8. The average molecular weight is 461 g/mol. The van der Waals surface area contributed by atoms with Crippen molar-refractivity contribution in [3.8, 4) is 10.7 Å². The molecule has 1 aromatic carbocycles. The molecule has 0 saturated carbocycles. The van der Waals surface area contributed by atoms with Gasteiger partial charge in [0.1, 0.15) is 0 Å². The highest BCUT2D eigenvalue weighted by Crippen LogP contribution is 2.25. The number of rotatable bonds is 7. The first-order chi connectivity index (χ1) is 14.9. The van der Waals surface area contributed by atoms with Gasteiger partial charge >= 0.3 is 0 Å². The molecule has 3 heterocycles. The van der Waals surface area contributed by atoms with Crippen molar-refractivity contribution in [2.45, 2.75) is 37.5 Å². The number of aromatic nitrogens is 2. The van der Waals surface area contributed by atoms with Crippen molar-refractivity contribution >= 4 is 33.0 Å². The first-order valence-electron chi connectivity index (χ1n) is 10.2. The van der Waals surface area contributed by atoms with Crippen LogP contribution in [0.25, 0.3) is 10.7 Å². The molecule has 1 unspecified atom stereocenters. The van der Waals surface area contributed by atoms with E-state index >= 15 is 0 Å². The molecule has 4 rings (SSSR count). The van der Waals surface area contributed by atoms with Crippen LogP contribution in [0.1, 0.15) is 32.1 Å². The molecule has 2 aromatic heterocycles. The minimum Gasteiger partial charge on any atom is -0.339 e. The van der Waals surface area contributed by atoms with E-state index in [-0.39, 0.29) is 17.2 Å². The van der Waals surface area contributed by atoms with Gasteiger partial charge in [0.2, 0.25) is 27.6 Å². The zero-order valence-corrected chi connectivity index (χ0v) is 18.8. The summed E-state index contributed by atoms with van der Waals surface area (Å²) in [5.74, 6) is 1.07. The van der Waals surface area contributed by atoms with Crippen molar-refractivity contribution in [2.24, 2.45) is 5.92 Å². The van der Waals surface area contributed by atoms with Crippen LogP contribution in [0.5, 0.6) is 0 Å². The van der Waals surface area contributed by atoms with Gasteiger partial charge in [0.05, 0.1) is 9.77 Å². The van der Waals surface area contributed by atoms with Crippen LogP contribution in [0.2, 0.25) is 0 Å². The first-order valence-corrected chi connectivity index (χ1v) is 12.5. The number of benzene rings is 1. The van der Waals surface area contributed by atoms with Gasteiger partial charge in [-0.3, -0.25) is 4.79 Å². The lowest BCUT2D eigenvalue weighted by molar-refractivity contribution is -0.116. The predicted molar refractivity (Wildman–Crippen MR) is 118 cm³/mol. The first kappa shape index (κ1) is 21.7. The van der Waals surface area contributed by atoms with Gasteiger partial charge < -0.3 is 9.84 Å². The standard InChI is InChI=1S/C21H24N4O4S2/c1-15-4-2-12-25(14-15)31(27,28)17-8-6-16(7-9-17)22-19(26)10-11-20-23-21(24-29-20)18-5-3-13-30-18/h3,5-9,13,15H,2,4,10-12,14H2,1H3,(H,22,26). The summed E-state index contributed by atoms with van der Waals surface area (Å²) >= 11 is 1.52. The van der Waals surface area contributed by atoms with E-state index in [1.54, 1.807) is 16.4 Å². The Kier molecular flexibility index (Phi) is 6.49. The highest BCUT2D eigenvalue weighted by molar-refractivity contribution is 7.89. The average Bonchev–Trinajstić information content (AvgIpc) is 3.45. The van der Waals surface area contributed by atoms with Crippen LogP contribution in [0.15, 0.2) is 51.2 Å². The maximum Gasteiger partial charge on any atom is 0.243 e. The van der Waals surface area contributed by atoms with Gasteiger partial charge in [0.25, 0.3) is 0 Å². The van der Waals surface area contributed by atoms with E-state index in [9.17, 15) is 13.2 Å². The Labute approximate surface area is 185 Å². The van der Waals surface area contributed by atoms with Crippen molar-refractivity contribution in [3.05, 3.63) is 47.7 Å². The Bertz CT molecular complexity index is 1120. The van der Waals surface area contributed by atoms with E-state index in [4.69, 9.17) is 4.52 Å². The fraction of sp³-hybridized carbons (Fsp3) is 0.381. The molecule has 1 amide bonds. The number of nitrogens with one attached hydrogen (secondary N) is 1. The summed E-state index contributed by atoms with van der Waals surface area (Å²) < 4.78 is 32.4. The third kappa shape index (κ3) is 5.20. The van der Waals surface area contributed by atoms with Crippen molar-refractivity contribution in [2.75, 3.05) is 18.4 Å². The molecule has 1 aliphatic rings. The molecule has 8 nitrogen and oxygen atoms in total. The number of sulfonamides is 1. The Morgan fingerprint density at radius 3 is 2.81 bits per heavy atom. The third-order valence-corrected chi connectivity index (χ3v) is 7.92. The largest absolute Gasteiger partial charge is 0.339 e. The summed E-state index contributed by atoms with van der Waals surface area (Å²) in [6.07, 6.45) is 2.43. The maximum absolute atomic E-state index is 12.8. The van der Waals surface area contributed by atoms with Crippen LogP contribution in [0.4, 0.5) is 5.69 Å². The number of aryl methyl sites for hydroxylation is 1. The quantitative estimate of drug-likeness (QED) is 0.575. The summed E-state index contributed by atoms with van der Waals surface area (Å²) in [5, 5.41) is 8.64. The van der Waals surface area contributed by atoms with Crippen LogP contribution in [0.3, 0.4) is 0 Å². The Hall–Kier alpha value is -2.56. The number of hydrogen-bond acceptors (Lipinski definition) is 7. The molecule has 1 fully saturated rings. The van der Waals surface area contributed by atoms with Crippen LogP contribution >= 0.6 is 11.3 Å². The van der Waals surface area contributed by atoms with Gasteiger partial charge in [-0.15, -0.1) is 11.3 Å². The number of carbonyl (C=O) groups excluding carboxylic acids is 1. The van der Waals surface area contributed by atoms with Gasteiger partial charge in [0.15, 0.2) is 0 Å². The monoisotopic (exact) mass is 460 g/mol. The van der Waals surface area contributed by atoms with Gasteiger partial charge in [-0.1, -0.05) is 18.1 Å². The minimum absolute atomic E-state index is 0.178. The molecule has 10 heteroatoms. The zero-order valence-electron chi connectivity index (χ0n) is 17.2. The van der Waals surface area contributed by atoms with Crippen molar-refractivity contribution in [3.63, 3.8) is 0 Å². The SMILES string of the molecule is CC1CCCN(S(=O)(=O)c2ccc(NC(=O)CCc3nc(-c4cccs4)no3)cc2)C1. The van der Waals surface area contributed by atoms with E-state index in [0.717, 1.165) is 17.7 Å². The second-order valence-corrected chi connectivity index (χ2v) is 10.6. The third-order valence-electron chi connectivity index (χ3n) is 5.17. The van der Waals surface area contributed by atoms with Gasteiger partial charge in [0, 0.05) is 31.6 Å². The molecule has 0 aliphatic carbocycles. The normalized spacial score (nSPS) is 17.5. The molecule has 0 bridgehead atoms. The van der Waals surface area contributed by atoms with Crippen LogP contribution in [0, 0.1) is 5.92 Å². The lowest BCUT2D eigenvalue weighted by atomic mass is 10.0. The molecule has 1 atom stereocenters. The topological polar surface area (TPSA) is 105 Å². The van der Waals surface area contributed by atoms with Gasteiger partial charge in [-0.25, -0.2) is 8.42 Å². The number of thiophene rings is 1. The van der Waals surface area contributed by atoms with Crippen molar-refractivity contribution in [1.82, 2.24) is 14.4 Å². The minimum atomic E-state index is -3.51. The van der Waals surface area contributed by atoms with Gasteiger partial charge in [-0.05, 0) is 54.5 Å². The number of nitrogens with zero attached hydrogens (tertiary/aromatic N) is 3. The van der Waals surface area contributed by atoms with Crippen molar-refractivity contribution in [1.29, 1.82) is 0 Å². The molecule has 1 aliphatic heterocycles. The lowest BCUT2D eigenvalue weighted by Crippen LogP contribution is -2.39. The molecule has 31 heavy (non-hydrogen) atoms. The van der Waals surface area contributed by atoms with Crippen molar-refractivity contribution < 1.29 is 17.7 Å². The van der Waals surface area contributed by atoms with E-state index in [1.807, 2.05) is 17.5 Å². The van der Waals surface area contributed by atoms with E-state index in [2.05, 4.69) is 22.4 Å². The highest BCUT2D eigenvalue weighted by Gasteiger charge is 2.28. The molecule has 0 radical (unpaired) electrons. The second kappa shape index (κ2) is 9.29. The second-order valence-electron chi connectivity index (χ2n) is 7.67. The number of piperidine rings is 1. The van der Waals surface area contributed by atoms with E-state index in [0.29, 0.717) is 42.8 Å². The van der Waals surface area contributed by atoms with Gasteiger partial charge in [-0.2, -0.15) is 9.29 Å². The fourth-order valence-electron chi connectivity index (χ4n) is 3.53. The molecule has 3 aromatic rings. The van der Waals surface area contributed by atoms with Crippen LogP contribution in [-0.2, 0) is 21.2 Å². The summed E-state index contributed by atoms with van der Waals surface area (Å²) in [6.45, 7) is 3.16. The molecular formula is C21H24N4O4S2. The number of amides is 1. The Morgan fingerprint density at radius 2 is 2.10 bits per heavy atom. The highest BCUT2D eigenvalue weighted by atomic mass is 32.2. The maximum atomic E-state index is 12.8. The number of hydrogen-bond donors (Lipinski definition) is 1. The molecule has 1 saturated heterocycles. The summed E-state index contributed by atoms with van der Waals surface area (Å²) in [5.41, 5.74) is 0.542. The molecule has 164 valence electrons.